The summed E-state index contributed by atoms with van der Waals surface area (Å²) in [6.45, 7) is 5.05. The van der Waals surface area contributed by atoms with Gasteiger partial charge in [0.2, 0.25) is 5.95 Å². The molecule has 12 nitrogen and oxygen atoms in total. The number of nitrogens with zero attached hydrogens (tertiary/aromatic N) is 3. The Labute approximate surface area is 233 Å². The summed E-state index contributed by atoms with van der Waals surface area (Å²) in [5, 5.41) is 24.3. The molecule has 0 atom stereocenters. The van der Waals surface area contributed by atoms with E-state index in [0.717, 1.165) is 0 Å². The minimum absolute atomic E-state index is 0.0250. The predicted molar refractivity (Wildman–Crippen MR) is 153 cm³/mol. The molecule has 2 amide bonds. The second kappa shape index (κ2) is 10.7. The molecule has 0 saturated carbocycles. The maximum atomic E-state index is 13.5. The van der Waals surface area contributed by atoms with Crippen LogP contribution in [0.3, 0.4) is 0 Å². The lowest BCUT2D eigenvalue weighted by atomic mass is 10.1. The van der Waals surface area contributed by atoms with Crippen molar-refractivity contribution in [1.82, 2.24) is 19.3 Å². The van der Waals surface area contributed by atoms with Crippen LogP contribution < -0.4 is 20.9 Å². The van der Waals surface area contributed by atoms with Gasteiger partial charge < -0.3 is 25.3 Å². The van der Waals surface area contributed by atoms with Gasteiger partial charge in [0.25, 0.3) is 11.5 Å². The van der Waals surface area contributed by atoms with Crippen molar-refractivity contribution in [2.24, 2.45) is 0 Å². The molecule has 0 fully saturated rings. The molecule has 0 radical (unpaired) electrons. The Morgan fingerprint density at radius 2 is 1.68 bits per heavy atom. The number of imidazole rings is 1. The number of hydrogen-bond acceptors (Lipinski definition) is 6. The molecule has 3 aromatic carbocycles. The van der Waals surface area contributed by atoms with E-state index in [4.69, 9.17) is 9.84 Å². The molecule has 0 aliphatic rings. The number of hydrogen-bond donors (Lipinski definition) is 5. The van der Waals surface area contributed by atoms with Crippen molar-refractivity contribution in [1.29, 1.82) is 0 Å². The first kappa shape index (κ1) is 27.2. The first-order valence-corrected chi connectivity index (χ1v) is 12.7. The molecule has 12 heteroatoms. The van der Waals surface area contributed by atoms with Gasteiger partial charge in [-0.2, -0.15) is 0 Å². The maximum Gasteiger partial charge on any atom is 0.411 e. The second-order valence-electron chi connectivity index (χ2n) is 10.1. The third-order valence-corrected chi connectivity index (χ3v) is 6.19. The van der Waals surface area contributed by atoms with Crippen molar-refractivity contribution in [2.75, 3.05) is 10.6 Å². The summed E-state index contributed by atoms with van der Waals surface area (Å²) >= 11 is 0. The first-order chi connectivity index (χ1) is 19.5. The summed E-state index contributed by atoms with van der Waals surface area (Å²) < 4.78 is 8.91. The number of nitrogens with one attached hydrogen (secondary N) is 3. The largest absolute Gasteiger partial charge is 0.465 e. The van der Waals surface area contributed by atoms with E-state index < -0.39 is 23.2 Å². The van der Waals surface area contributed by atoms with Gasteiger partial charge in [-0.3, -0.25) is 19.6 Å². The van der Waals surface area contributed by atoms with Crippen LogP contribution in [0.15, 0.2) is 77.6 Å². The summed E-state index contributed by atoms with van der Waals surface area (Å²) in [6, 6.07) is 20.6. The van der Waals surface area contributed by atoms with Crippen LogP contribution in [0.1, 0.15) is 29.9 Å². The molecule has 210 valence electrons. The van der Waals surface area contributed by atoms with E-state index in [-0.39, 0.29) is 18.1 Å². The molecule has 5 rings (SSSR count). The Hall–Kier alpha value is -5.36. The zero-order valence-electron chi connectivity index (χ0n) is 22.5. The van der Waals surface area contributed by atoms with Gasteiger partial charge in [-0.1, -0.05) is 18.2 Å². The fraction of sp³-hybridized carbons (Fsp3) is 0.172. The molecule has 0 aliphatic carbocycles. The number of fused-ring (bicyclic) bond motifs is 1. The van der Waals surface area contributed by atoms with E-state index in [1.807, 2.05) is 6.07 Å². The van der Waals surface area contributed by atoms with Gasteiger partial charge in [0.05, 0.1) is 34.6 Å². The van der Waals surface area contributed by atoms with Crippen LogP contribution in [-0.2, 0) is 6.54 Å². The van der Waals surface area contributed by atoms with Crippen LogP contribution in [0.2, 0.25) is 0 Å². The van der Waals surface area contributed by atoms with Crippen molar-refractivity contribution in [3.63, 3.8) is 0 Å². The minimum Gasteiger partial charge on any atom is -0.465 e. The SMILES string of the molecule is Cc1c(C(=O)Nc2ccc(Oc3ccc4nc(NC(=O)O)[nH]c4c3)cc2)c(=O)n(-c2ccccc2)n1CC(C)(C)O. The van der Waals surface area contributed by atoms with Gasteiger partial charge in [-0.15, -0.1) is 0 Å². The smallest absolute Gasteiger partial charge is 0.411 e. The predicted octanol–water partition coefficient (Wildman–Crippen LogP) is 4.73. The number of para-hydroxylation sites is 1. The van der Waals surface area contributed by atoms with E-state index >= 15 is 0 Å². The van der Waals surface area contributed by atoms with Gasteiger partial charge in [-0.05, 0) is 69.3 Å². The third-order valence-electron chi connectivity index (χ3n) is 6.19. The number of rotatable bonds is 8. The van der Waals surface area contributed by atoms with Crippen LogP contribution >= 0.6 is 0 Å². The van der Waals surface area contributed by atoms with Crippen LogP contribution in [-0.4, -0.2) is 47.1 Å². The maximum absolute atomic E-state index is 13.5. The summed E-state index contributed by atoms with van der Waals surface area (Å²) in [4.78, 5) is 44.6. The lowest BCUT2D eigenvalue weighted by Gasteiger charge is -2.22. The van der Waals surface area contributed by atoms with Crippen LogP contribution in [0.5, 0.6) is 11.5 Å². The standard InChI is InChI=1S/C29H28N6O6/c1-17-24(26(37)35(19-7-5-4-6-8-19)34(17)16-29(2,3)40)25(36)30-18-9-11-20(12-10-18)41-21-13-14-22-23(15-21)32-27(31-22)33-28(38)39/h4-15,40H,16H2,1-3H3,(H,30,36)(H,38,39)(H2,31,32,33). The molecule has 0 bridgehead atoms. The molecule has 0 spiro atoms. The molecule has 5 N–H and O–H groups in total. The van der Waals surface area contributed by atoms with E-state index in [1.54, 1.807) is 92.2 Å². The van der Waals surface area contributed by atoms with Crippen molar-refractivity contribution >= 4 is 34.7 Å². The summed E-state index contributed by atoms with van der Waals surface area (Å²) in [5.41, 5.74) is 0.962. The minimum atomic E-state index is -1.23. The fourth-order valence-electron chi connectivity index (χ4n) is 4.44. The van der Waals surface area contributed by atoms with Crippen molar-refractivity contribution in [2.45, 2.75) is 32.9 Å². The Balaban J connectivity index is 1.35. The Morgan fingerprint density at radius 3 is 2.34 bits per heavy atom. The number of carbonyl (C=O) groups excluding carboxylic acids is 1. The highest BCUT2D eigenvalue weighted by atomic mass is 16.5. The molecular weight excluding hydrogens is 528 g/mol. The molecular formula is C29H28N6O6. The molecule has 5 aromatic rings. The van der Waals surface area contributed by atoms with Crippen molar-refractivity contribution < 1.29 is 24.5 Å². The zero-order valence-corrected chi connectivity index (χ0v) is 22.5. The molecule has 2 heterocycles. The number of carboxylic acid groups (broad SMARTS) is 1. The quantitative estimate of drug-likeness (QED) is 0.184. The number of ether oxygens (including phenoxy) is 1. The number of benzene rings is 3. The molecule has 0 unspecified atom stereocenters. The number of aromatic amines is 1. The van der Waals surface area contributed by atoms with Gasteiger partial charge in [-0.25, -0.2) is 14.5 Å². The van der Waals surface area contributed by atoms with E-state index in [9.17, 15) is 19.5 Å². The number of anilines is 2. The Bertz CT molecular complexity index is 1800. The zero-order chi connectivity index (χ0) is 29.3. The molecule has 2 aromatic heterocycles. The van der Waals surface area contributed by atoms with Crippen LogP contribution in [0.4, 0.5) is 16.4 Å². The van der Waals surface area contributed by atoms with Gasteiger partial charge in [0.1, 0.15) is 17.1 Å². The van der Waals surface area contributed by atoms with Gasteiger partial charge in [0.15, 0.2) is 0 Å². The topological polar surface area (TPSA) is 164 Å². The van der Waals surface area contributed by atoms with E-state index in [2.05, 4.69) is 20.6 Å². The third kappa shape index (κ3) is 5.97. The highest BCUT2D eigenvalue weighted by Crippen LogP contribution is 2.27. The van der Waals surface area contributed by atoms with Crippen molar-refractivity contribution in [3.05, 3.63) is 94.4 Å². The van der Waals surface area contributed by atoms with Crippen LogP contribution in [0, 0.1) is 6.92 Å². The number of H-pyrrole nitrogens is 1. The van der Waals surface area contributed by atoms with Crippen LogP contribution in [0.25, 0.3) is 16.7 Å². The monoisotopic (exact) mass is 556 g/mol. The lowest BCUT2D eigenvalue weighted by molar-refractivity contribution is 0.0546. The Morgan fingerprint density at radius 1 is 1.00 bits per heavy atom. The first-order valence-electron chi connectivity index (χ1n) is 12.7. The van der Waals surface area contributed by atoms with E-state index in [0.29, 0.717) is 39.6 Å². The van der Waals surface area contributed by atoms with Crippen molar-refractivity contribution in [3.8, 4) is 17.2 Å². The summed E-state index contributed by atoms with van der Waals surface area (Å²) in [5.74, 6) is 0.511. The molecule has 41 heavy (non-hydrogen) atoms. The average Bonchev–Trinajstić information content (AvgIpc) is 3.40. The summed E-state index contributed by atoms with van der Waals surface area (Å²) in [7, 11) is 0. The van der Waals surface area contributed by atoms with Gasteiger partial charge in [0, 0.05) is 11.8 Å². The highest BCUT2D eigenvalue weighted by Gasteiger charge is 2.27. The molecule has 0 saturated heterocycles. The number of carbonyl (C=O) groups is 2. The Kier molecular flexibility index (Phi) is 7.08. The fourth-order valence-corrected chi connectivity index (χ4v) is 4.44. The van der Waals surface area contributed by atoms with E-state index in [1.165, 1.54) is 4.68 Å². The number of amides is 2. The second-order valence-corrected chi connectivity index (χ2v) is 10.1. The normalized spacial score (nSPS) is 11.4. The average molecular weight is 557 g/mol. The number of aliphatic hydroxyl groups is 1. The summed E-state index contributed by atoms with van der Waals surface area (Å²) in [6.07, 6.45) is -1.23. The molecule has 0 aliphatic heterocycles. The number of aromatic nitrogens is 4. The lowest BCUT2D eigenvalue weighted by Crippen LogP contribution is -2.32. The van der Waals surface area contributed by atoms with Gasteiger partial charge >= 0.3 is 6.09 Å². The highest BCUT2D eigenvalue weighted by molar-refractivity contribution is 6.05.